The van der Waals surface area contributed by atoms with Gasteiger partial charge in [0.2, 0.25) is 5.91 Å². The molecule has 1 saturated heterocycles. The van der Waals surface area contributed by atoms with Crippen molar-refractivity contribution in [2.75, 3.05) is 20.3 Å². The lowest BCUT2D eigenvalue weighted by molar-refractivity contribution is -0.120. The van der Waals surface area contributed by atoms with Crippen LogP contribution in [-0.2, 0) is 4.79 Å². The minimum atomic E-state index is 0.180. The summed E-state index contributed by atoms with van der Waals surface area (Å²) in [6.45, 7) is 1.73. The fourth-order valence-corrected chi connectivity index (χ4v) is 0.900. The van der Waals surface area contributed by atoms with Gasteiger partial charge in [-0.15, -0.1) is 0 Å². The Morgan fingerprint density at radius 2 is 2.44 bits per heavy atom. The Hall–Kier alpha value is -0.570. The van der Waals surface area contributed by atoms with E-state index in [0.29, 0.717) is 13.1 Å². The van der Waals surface area contributed by atoms with E-state index in [9.17, 15) is 4.79 Å². The molecule has 1 aliphatic heterocycles. The molecule has 1 amide bonds. The summed E-state index contributed by atoms with van der Waals surface area (Å²) in [5.74, 6) is 0.180. The molecular weight excluding hydrogens is 116 g/mol. The van der Waals surface area contributed by atoms with Crippen molar-refractivity contribution in [3.8, 4) is 0 Å². The van der Waals surface area contributed by atoms with E-state index in [1.165, 1.54) is 0 Å². The molecule has 0 spiro atoms. The summed E-state index contributed by atoms with van der Waals surface area (Å²) in [6, 6.07) is 0. The molecular formula is C6H12N2O. The summed E-state index contributed by atoms with van der Waals surface area (Å²) in [6.07, 6.45) is 1.67. The number of nitrogens with one attached hydrogen (secondary N) is 1. The van der Waals surface area contributed by atoms with Gasteiger partial charge in [-0.05, 0) is 20.0 Å². The van der Waals surface area contributed by atoms with Gasteiger partial charge in [-0.3, -0.25) is 9.69 Å². The van der Waals surface area contributed by atoms with Crippen molar-refractivity contribution >= 4 is 5.91 Å². The molecule has 3 nitrogen and oxygen atoms in total. The molecule has 52 valence electrons. The Morgan fingerprint density at radius 3 is 3.22 bits per heavy atom. The first-order valence-electron chi connectivity index (χ1n) is 3.24. The van der Waals surface area contributed by atoms with E-state index < -0.39 is 0 Å². The number of hydrogen-bond acceptors (Lipinski definition) is 2. The molecule has 0 aromatic heterocycles. The van der Waals surface area contributed by atoms with Crippen LogP contribution in [0.2, 0.25) is 0 Å². The zero-order valence-corrected chi connectivity index (χ0v) is 5.68. The average Bonchev–Trinajstić information content (AvgIpc) is 1.97. The Kier molecular flexibility index (Phi) is 2.05. The predicted octanol–water partition coefficient (Wildman–Crippen LogP) is -0.214. The van der Waals surface area contributed by atoms with Crippen molar-refractivity contribution < 1.29 is 4.79 Å². The minimum Gasteiger partial charge on any atom is -0.343 e. The van der Waals surface area contributed by atoms with Crippen molar-refractivity contribution in [2.45, 2.75) is 12.8 Å². The Labute approximate surface area is 55.0 Å². The van der Waals surface area contributed by atoms with E-state index in [1.807, 2.05) is 7.05 Å². The monoisotopic (exact) mass is 128 g/mol. The number of carbonyl (C=O) groups excluding carboxylic acids is 1. The molecule has 1 heterocycles. The van der Waals surface area contributed by atoms with Crippen molar-refractivity contribution in [1.82, 2.24) is 10.2 Å². The number of hydrogen-bond donors (Lipinski definition) is 1. The SMILES string of the molecule is CN1CCCC(=O)NC1. The number of carbonyl (C=O) groups is 1. The molecule has 1 N–H and O–H groups in total. The first-order valence-corrected chi connectivity index (χ1v) is 3.24. The van der Waals surface area contributed by atoms with Crippen LogP contribution in [0.25, 0.3) is 0 Å². The van der Waals surface area contributed by atoms with Crippen molar-refractivity contribution in [3.05, 3.63) is 0 Å². The second kappa shape index (κ2) is 2.82. The lowest BCUT2D eigenvalue weighted by Gasteiger charge is -2.10. The Morgan fingerprint density at radius 1 is 1.67 bits per heavy atom. The van der Waals surface area contributed by atoms with E-state index in [0.717, 1.165) is 13.0 Å². The Bertz CT molecular complexity index is 114. The van der Waals surface area contributed by atoms with Crippen LogP contribution < -0.4 is 5.32 Å². The van der Waals surface area contributed by atoms with Crippen LogP contribution in [0.1, 0.15) is 12.8 Å². The fraction of sp³-hybridized carbons (Fsp3) is 0.833. The lowest BCUT2D eigenvalue weighted by Crippen LogP contribution is -2.31. The van der Waals surface area contributed by atoms with Crippen molar-refractivity contribution in [1.29, 1.82) is 0 Å². The molecule has 0 aliphatic carbocycles. The zero-order chi connectivity index (χ0) is 6.69. The van der Waals surface area contributed by atoms with E-state index in [4.69, 9.17) is 0 Å². The third-order valence-corrected chi connectivity index (χ3v) is 1.49. The van der Waals surface area contributed by atoms with Gasteiger partial charge in [-0.1, -0.05) is 0 Å². The molecule has 0 saturated carbocycles. The van der Waals surface area contributed by atoms with Gasteiger partial charge in [0.05, 0.1) is 6.67 Å². The second-order valence-corrected chi connectivity index (χ2v) is 2.44. The second-order valence-electron chi connectivity index (χ2n) is 2.44. The first kappa shape index (κ1) is 6.55. The molecule has 0 radical (unpaired) electrons. The number of amides is 1. The number of rotatable bonds is 0. The van der Waals surface area contributed by atoms with E-state index in [-0.39, 0.29) is 5.91 Å². The maximum Gasteiger partial charge on any atom is 0.221 e. The predicted molar refractivity (Wildman–Crippen MR) is 34.9 cm³/mol. The van der Waals surface area contributed by atoms with Gasteiger partial charge in [0.15, 0.2) is 0 Å². The van der Waals surface area contributed by atoms with Crippen LogP contribution >= 0.6 is 0 Å². The van der Waals surface area contributed by atoms with Crippen LogP contribution in [0.5, 0.6) is 0 Å². The maximum atomic E-state index is 10.7. The van der Waals surface area contributed by atoms with Crippen molar-refractivity contribution in [3.63, 3.8) is 0 Å². The molecule has 3 heteroatoms. The van der Waals surface area contributed by atoms with Crippen LogP contribution in [0, 0.1) is 0 Å². The summed E-state index contributed by atoms with van der Waals surface area (Å²) in [5.41, 5.74) is 0. The van der Waals surface area contributed by atoms with Gasteiger partial charge >= 0.3 is 0 Å². The molecule has 1 rings (SSSR count). The van der Waals surface area contributed by atoms with Crippen LogP contribution in [0.3, 0.4) is 0 Å². The number of nitrogens with zero attached hydrogens (tertiary/aromatic N) is 1. The minimum absolute atomic E-state index is 0.180. The molecule has 0 aromatic carbocycles. The average molecular weight is 128 g/mol. The third kappa shape index (κ3) is 2.01. The molecule has 0 atom stereocenters. The van der Waals surface area contributed by atoms with Gasteiger partial charge in [-0.25, -0.2) is 0 Å². The third-order valence-electron chi connectivity index (χ3n) is 1.49. The standard InChI is InChI=1S/C6H12N2O/c1-8-4-2-3-6(9)7-5-8/h2-5H2,1H3,(H,7,9). The summed E-state index contributed by atoms with van der Waals surface area (Å²) in [4.78, 5) is 12.8. The lowest BCUT2D eigenvalue weighted by atomic mass is 10.3. The highest BCUT2D eigenvalue weighted by molar-refractivity contribution is 5.75. The van der Waals surface area contributed by atoms with Crippen LogP contribution in [0.15, 0.2) is 0 Å². The quantitative estimate of drug-likeness (QED) is 0.489. The molecule has 0 aromatic rings. The van der Waals surface area contributed by atoms with Gasteiger partial charge < -0.3 is 5.32 Å². The van der Waals surface area contributed by atoms with Gasteiger partial charge in [0.1, 0.15) is 0 Å². The molecule has 1 aliphatic rings. The normalized spacial score (nSPS) is 23.0. The van der Waals surface area contributed by atoms with Crippen molar-refractivity contribution in [2.24, 2.45) is 0 Å². The van der Waals surface area contributed by atoms with E-state index in [2.05, 4.69) is 10.2 Å². The molecule has 0 bridgehead atoms. The highest BCUT2D eigenvalue weighted by atomic mass is 16.1. The summed E-state index contributed by atoms with van der Waals surface area (Å²) >= 11 is 0. The van der Waals surface area contributed by atoms with E-state index >= 15 is 0 Å². The van der Waals surface area contributed by atoms with Gasteiger partial charge in [-0.2, -0.15) is 0 Å². The molecule has 1 fully saturated rings. The fourth-order valence-electron chi connectivity index (χ4n) is 0.900. The van der Waals surface area contributed by atoms with E-state index in [1.54, 1.807) is 0 Å². The zero-order valence-electron chi connectivity index (χ0n) is 5.68. The molecule has 0 unspecified atom stereocenters. The smallest absolute Gasteiger partial charge is 0.221 e. The highest BCUT2D eigenvalue weighted by Crippen LogP contribution is 1.95. The topological polar surface area (TPSA) is 32.3 Å². The van der Waals surface area contributed by atoms with Gasteiger partial charge in [0, 0.05) is 6.42 Å². The molecule has 9 heavy (non-hydrogen) atoms. The largest absolute Gasteiger partial charge is 0.343 e. The highest BCUT2D eigenvalue weighted by Gasteiger charge is 2.07. The van der Waals surface area contributed by atoms with Gasteiger partial charge in [0.25, 0.3) is 0 Å². The van der Waals surface area contributed by atoms with Crippen LogP contribution in [-0.4, -0.2) is 31.1 Å². The summed E-state index contributed by atoms with van der Waals surface area (Å²) < 4.78 is 0. The Balaban J connectivity index is 2.34. The van der Waals surface area contributed by atoms with Crippen LogP contribution in [0.4, 0.5) is 0 Å². The maximum absolute atomic E-state index is 10.7. The first-order chi connectivity index (χ1) is 4.29. The summed E-state index contributed by atoms with van der Waals surface area (Å²) in [7, 11) is 2.01. The summed E-state index contributed by atoms with van der Waals surface area (Å²) in [5, 5.41) is 2.78.